The van der Waals surface area contributed by atoms with Crippen molar-refractivity contribution in [3.8, 4) is 11.6 Å². The van der Waals surface area contributed by atoms with Crippen LogP contribution in [0.3, 0.4) is 0 Å². The SMILES string of the molecule is O=[N+]([O-])c1cccc(Br)c1Oc1ncccc1CBr. The number of nitro groups is 1. The second-order valence-corrected chi connectivity index (χ2v) is 4.96. The van der Waals surface area contributed by atoms with Crippen LogP contribution < -0.4 is 4.74 Å². The predicted molar refractivity (Wildman–Crippen MR) is 77.7 cm³/mol. The molecule has 1 aromatic carbocycles. The first kappa shape index (κ1) is 14.0. The predicted octanol–water partition coefficient (Wildman–Crippen LogP) is 4.44. The Hall–Kier alpha value is -1.47. The van der Waals surface area contributed by atoms with Crippen molar-refractivity contribution < 1.29 is 9.66 Å². The van der Waals surface area contributed by atoms with Gasteiger partial charge in [0.05, 0.1) is 9.40 Å². The van der Waals surface area contributed by atoms with Crippen molar-refractivity contribution in [2.75, 3.05) is 0 Å². The highest BCUT2D eigenvalue weighted by molar-refractivity contribution is 9.10. The molecule has 2 rings (SSSR count). The summed E-state index contributed by atoms with van der Waals surface area (Å²) in [6.45, 7) is 0. The Labute approximate surface area is 126 Å². The molecule has 2 aromatic rings. The Morgan fingerprint density at radius 1 is 1.32 bits per heavy atom. The third kappa shape index (κ3) is 3.10. The van der Waals surface area contributed by atoms with Crippen molar-refractivity contribution in [2.45, 2.75) is 5.33 Å². The van der Waals surface area contributed by atoms with Gasteiger partial charge in [-0.3, -0.25) is 10.1 Å². The maximum absolute atomic E-state index is 11.0. The number of aromatic nitrogens is 1. The fourth-order valence-electron chi connectivity index (χ4n) is 1.46. The molecule has 1 heterocycles. The molecule has 7 heteroatoms. The van der Waals surface area contributed by atoms with E-state index in [0.717, 1.165) is 5.56 Å². The van der Waals surface area contributed by atoms with E-state index in [9.17, 15) is 10.1 Å². The second-order valence-electron chi connectivity index (χ2n) is 3.55. The van der Waals surface area contributed by atoms with Gasteiger partial charge in [-0.25, -0.2) is 4.98 Å². The van der Waals surface area contributed by atoms with Gasteiger partial charge in [-0.2, -0.15) is 0 Å². The van der Waals surface area contributed by atoms with Crippen LogP contribution in [0.15, 0.2) is 41.0 Å². The summed E-state index contributed by atoms with van der Waals surface area (Å²) in [5, 5.41) is 11.5. The minimum absolute atomic E-state index is 0.111. The zero-order chi connectivity index (χ0) is 13.8. The van der Waals surface area contributed by atoms with Gasteiger partial charge in [0, 0.05) is 23.2 Å². The molecule has 0 amide bonds. The van der Waals surface area contributed by atoms with Crippen molar-refractivity contribution in [1.29, 1.82) is 0 Å². The average Bonchev–Trinajstić information content (AvgIpc) is 2.41. The largest absolute Gasteiger partial charge is 0.430 e. The highest BCUT2D eigenvalue weighted by Gasteiger charge is 2.20. The van der Waals surface area contributed by atoms with Gasteiger partial charge in [0.2, 0.25) is 11.6 Å². The number of alkyl halides is 1. The molecular formula is C12H8Br2N2O3. The van der Waals surface area contributed by atoms with Crippen LogP contribution in [-0.4, -0.2) is 9.91 Å². The summed E-state index contributed by atoms with van der Waals surface area (Å²) >= 11 is 6.57. The van der Waals surface area contributed by atoms with E-state index in [1.807, 2.05) is 6.07 Å². The summed E-state index contributed by atoms with van der Waals surface area (Å²) in [6.07, 6.45) is 1.57. The van der Waals surface area contributed by atoms with Crippen LogP contribution in [0.1, 0.15) is 5.56 Å². The van der Waals surface area contributed by atoms with Gasteiger partial charge >= 0.3 is 5.69 Å². The van der Waals surface area contributed by atoms with E-state index in [0.29, 0.717) is 15.7 Å². The number of hydrogen-bond acceptors (Lipinski definition) is 4. The number of benzene rings is 1. The number of para-hydroxylation sites is 1. The number of rotatable bonds is 4. The van der Waals surface area contributed by atoms with E-state index in [1.165, 1.54) is 6.07 Å². The lowest BCUT2D eigenvalue weighted by Crippen LogP contribution is -1.97. The van der Waals surface area contributed by atoms with E-state index in [-0.39, 0.29) is 11.4 Å². The van der Waals surface area contributed by atoms with Crippen LogP contribution in [0.25, 0.3) is 0 Å². The van der Waals surface area contributed by atoms with Gasteiger partial charge in [-0.1, -0.05) is 28.1 Å². The molecule has 0 aliphatic heterocycles. The van der Waals surface area contributed by atoms with Gasteiger partial charge < -0.3 is 4.74 Å². The topological polar surface area (TPSA) is 65.3 Å². The summed E-state index contributed by atoms with van der Waals surface area (Å²) < 4.78 is 6.10. The number of pyridine rings is 1. The average molecular weight is 388 g/mol. The molecule has 0 unspecified atom stereocenters. The van der Waals surface area contributed by atoms with Crippen LogP contribution in [0.2, 0.25) is 0 Å². The van der Waals surface area contributed by atoms with Crippen LogP contribution in [-0.2, 0) is 5.33 Å². The van der Waals surface area contributed by atoms with E-state index >= 15 is 0 Å². The molecule has 0 aliphatic carbocycles. The molecule has 0 spiro atoms. The van der Waals surface area contributed by atoms with E-state index in [1.54, 1.807) is 24.4 Å². The van der Waals surface area contributed by atoms with Gasteiger partial charge in [0.1, 0.15) is 0 Å². The fourth-order valence-corrected chi connectivity index (χ4v) is 2.32. The molecule has 0 radical (unpaired) electrons. The Balaban J connectivity index is 2.46. The van der Waals surface area contributed by atoms with Crippen molar-refractivity contribution in [3.05, 3.63) is 56.7 Å². The maximum Gasteiger partial charge on any atom is 0.312 e. The lowest BCUT2D eigenvalue weighted by Gasteiger charge is -2.09. The number of nitrogens with zero attached hydrogens (tertiary/aromatic N) is 2. The minimum Gasteiger partial charge on any atom is -0.430 e. The third-order valence-corrected chi connectivity index (χ3v) is 3.56. The first-order chi connectivity index (χ1) is 9.13. The minimum atomic E-state index is -0.489. The summed E-state index contributed by atoms with van der Waals surface area (Å²) in [7, 11) is 0. The van der Waals surface area contributed by atoms with E-state index < -0.39 is 4.92 Å². The monoisotopic (exact) mass is 386 g/mol. The fraction of sp³-hybridized carbons (Fsp3) is 0.0833. The van der Waals surface area contributed by atoms with Gasteiger partial charge in [0.25, 0.3) is 0 Å². The normalized spacial score (nSPS) is 10.2. The van der Waals surface area contributed by atoms with Crippen LogP contribution in [0.4, 0.5) is 5.69 Å². The Kier molecular flexibility index (Phi) is 4.49. The van der Waals surface area contributed by atoms with Gasteiger partial charge in [-0.05, 0) is 28.1 Å². The molecule has 0 saturated carbocycles. The Bertz CT molecular complexity index is 620. The molecule has 5 nitrogen and oxygen atoms in total. The van der Waals surface area contributed by atoms with Gasteiger partial charge in [0.15, 0.2) is 0 Å². The van der Waals surface area contributed by atoms with Crippen molar-refractivity contribution in [3.63, 3.8) is 0 Å². The first-order valence-corrected chi connectivity index (χ1v) is 7.15. The lowest BCUT2D eigenvalue weighted by atomic mass is 10.3. The highest BCUT2D eigenvalue weighted by atomic mass is 79.9. The molecule has 98 valence electrons. The van der Waals surface area contributed by atoms with Gasteiger partial charge in [-0.15, -0.1) is 0 Å². The molecule has 19 heavy (non-hydrogen) atoms. The molecule has 0 aliphatic rings. The van der Waals surface area contributed by atoms with Crippen molar-refractivity contribution in [2.24, 2.45) is 0 Å². The molecule has 1 aromatic heterocycles. The second kappa shape index (κ2) is 6.12. The standard InChI is InChI=1S/C12H8Br2N2O3/c13-7-8-3-2-6-15-12(8)19-11-9(14)4-1-5-10(11)16(17)18/h1-6H,7H2. The molecule has 0 fully saturated rings. The third-order valence-electron chi connectivity index (χ3n) is 2.34. The quantitative estimate of drug-likeness (QED) is 0.442. The first-order valence-electron chi connectivity index (χ1n) is 5.24. The molecule has 0 N–H and O–H groups in total. The Morgan fingerprint density at radius 2 is 2.11 bits per heavy atom. The molecule has 0 atom stereocenters. The number of ether oxygens (including phenoxy) is 1. The molecular weight excluding hydrogens is 380 g/mol. The van der Waals surface area contributed by atoms with Crippen LogP contribution in [0.5, 0.6) is 11.6 Å². The summed E-state index contributed by atoms with van der Waals surface area (Å²) in [5.41, 5.74) is 0.702. The summed E-state index contributed by atoms with van der Waals surface area (Å²) in [6, 6.07) is 8.26. The smallest absolute Gasteiger partial charge is 0.312 e. The van der Waals surface area contributed by atoms with E-state index in [2.05, 4.69) is 36.8 Å². The number of halogens is 2. The van der Waals surface area contributed by atoms with E-state index in [4.69, 9.17) is 4.74 Å². The molecule has 0 bridgehead atoms. The summed E-state index contributed by atoms with van der Waals surface area (Å²) in [4.78, 5) is 14.6. The Morgan fingerprint density at radius 3 is 2.79 bits per heavy atom. The zero-order valence-electron chi connectivity index (χ0n) is 9.55. The highest BCUT2D eigenvalue weighted by Crippen LogP contribution is 2.38. The lowest BCUT2D eigenvalue weighted by molar-refractivity contribution is -0.385. The van der Waals surface area contributed by atoms with Crippen LogP contribution >= 0.6 is 31.9 Å². The van der Waals surface area contributed by atoms with Crippen molar-refractivity contribution >= 4 is 37.5 Å². The molecule has 0 saturated heterocycles. The van der Waals surface area contributed by atoms with Crippen molar-refractivity contribution in [1.82, 2.24) is 4.98 Å². The van der Waals surface area contributed by atoms with Crippen LogP contribution in [0, 0.1) is 10.1 Å². The zero-order valence-corrected chi connectivity index (χ0v) is 12.7. The maximum atomic E-state index is 11.0. The summed E-state index contributed by atoms with van der Waals surface area (Å²) in [5.74, 6) is 0.489. The number of hydrogen-bond donors (Lipinski definition) is 0. The number of nitro benzene ring substituents is 1.